The zero-order valence-electron chi connectivity index (χ0n) is 30.1. The number of aromatic hydroxyl groups is 1. The first-order chi connectivity index (χ1) is 24.4. The van der Waals surface area contributed by atoms with Crippen molar-refractivity contribution in [3.63, 3.8) is 0 Å². The maximum atomic E-state index is 11.1. The van der Waals surface area contributed by atoms with E-state index in [2.05, 4.69) is 55.8 Å². The first kappa shape index (κ1) is 36.0. The van der Waals surface area contributed by atoms with Crippen molar-refractivity contribution in [1.82, 2.24) is 24.4 Å². The van der Waals surface area contributed by atoms with E-state index in [-0.39, 0.29) is 11.2 Å². The number of phenols is 1. The lowest BCUT2D eigenvalue weighted by atomic mass is 9.79. The van der Waals surface area contributed by atoms with Gasteiger partial charge in [0.1, 0.15) is 17.1 Å². The Hall–Kier alpha value is -5.28. The highest BCUT2D eigenvalue weighted by atomic mass is 16.3. The quantitative estimate of drug-likeness (QED) is 0.125. The molecule has 0 unspecified atom stereocenters. The number of hydrogen-bond acceptors (Lipinski definition) is 8. The number of benzene rings is 2. The van der Waals surface area contributed by atoms with Crippen LogP contribution in [-0.2, 0) is 6.54 Å². The van der Waals surface area contributed by atoms with E-state index in [1.165, 1.54) is 5.56 Å². The molecule has 5 heterocycles. The summed E-state index contributed by atoms with van der Waals surface area (Å²) in [5.74, 6) is 1.17. The molecular weight excluding hydrogens is 622 g/mol. The minimum absolute atomic E-state index is 0.0410. The summed E-state index contributed by atoms with van der Waals surface area (Å²) in [7, 11) is 0. The first-order valence-electron chi connectivity index (χ1n) is 17.6. The van der Waals surface area contributed by atoms with Gasteiger partial charge in [0, 0.05) is 61.8 Å². The predicted octanol–water partition coefficient (Wildman–Crippen LogP) is 8.33. The minimum Gasteiger partial charge on any atom is -0.507 e. The molecule has 5 aromatic rings. The van der Waals surface area contributed by atoms with Gasteiger partial charge in [0.2, 0.25) is 0 Å². The molecule has 3 aromatic heterocycles. The Balaban J connectivity index is 0.00000117. The maximum Gasteiger partial charge on any atom is 0.165 e. The molecule has 2 fully saturated rings. The molecule has 0 saturated carbocycles. The Morgan fingerprint density at radius 3 is 2.34 bits per heavy atom. The Morgan fingerprint density at radius 2 is 1.68 bits per heavy atom. The summed E-state index contributed by atoms with van der Waals surface area (Å²) in [6.07, 6.45) is 9.62. The van der Waals surface area contributed by atoms with E-state index >= 15 is 0 Å². The van der Waals surface area contributed by atoms with Crippen LogP contribution in [0.4, 0.5) is 11.5 Å². The van der Waals surface area contributed by atoms with Gasteiger partial charge in [-0.05, 0) is 79.9 Å². The molecule has 3 N–H and O–H groups in total. The summed E-state index contributed by atoms with van der Waals surface area (Å²) in [5.41, 5.74) is 14.3. The molecule has 9 nitrogen and oxygen atoms in total. The number of allylic oxidation sites excluding steroid dienone is 4. The molecule has 0 atom stereocenters. The molecule has 260 valence electrons. The highest BCUT2D eigenvalue weighted by Gasteiger charge is 2.47. The van der Waals surface area contributed by atoms with Crippen LogP contribution < -0.4 is 10.6 Å². The topological polar surface area (TPSA) is 113 Å². The molecule has 2 aliphatic rings. The van der Waals surface area contributed by atoms with Crippen molar-refractivity contribution >= 4 is 34.5 Å². The number of nitrogen functional groups attached to an aromatic ring is 1. The van der Waals surface area contributed by atoms with Gasteiger partial charge in [-0.25, -0.2) is 15.0 Å². The molecule has 7 rings (SSSR count). The third kappa shape index (κ3) is 7.19. The fraction of sp³-hybridized carbons (Fsp3) is 0.317. The van der Waals surface area contributed by atoms with Crippen molar-refractivity contribution in [2.75, 3.05) is 36.8 Å². The van der Waals surface area contributed by atoms with Crippen LogP contribution in [0.25, 0.3) is 33.8 Å². The van der Waals surface area contributed by atoms with E-state index in [1.807, 2.05) is 78.0 Å². The fourth-order valence-electron chi connectivity index (χ4n) is 6.92. The first-order valence-corrected chi connectivity index (χ1v) is 17.6. The van der Waals surface area contributed by atoms with Gasteiger partial charge in [-0.15, -0.1) is 0 Å². The van der Waals surface area contributed by atoms with E-state index in [1.54, 1.807) is 18.3 Å². The maximum absolute atomic E-state index is 11.1. The number of hydrogen-bond donors (Lipinski definition) is 2. The van der Waals surface area contributed by atoms with Gasteiger partial charge in [0.25, 0.3) is 0 Å². The van der Waals surface area contributed by atoms with Crippen molar-refractivity contribution in [2.45, 2.75) is 54.5 Å². The van der Waals surface area contributed by atoms with Crippen molar-refractivity contribution in [2.24, 2.45) is 5.41 Å². The lowest BCUT2D eigenvalue weighted by Gasteiger charge is -2.48. The molecule has 2 aliphatic heterocycles. The standard InChI is InChI=1S/C37H37N7O2.2C2H6/c1-3-6-26(4-2)31-14-15-32-36(40-31)44(35(41-32)30-7-5-17-39-34(30)38)28-11-8-25(9-12-28)20-42-22-37(23-42)16-18-43(24-37)29-13-10-27(21-45)33(46)19-29;2*1-2/h3-15,17,19,21,46H,16,18,20,22-24H2,1-2H3,(H2,38,39);2*1-2H3/b6-3-,26-4+;;. The number of likely N-dealkylation sites (tertiary alicyclic amines) is 1. The molecule has 2 saturated heterocycles. The summed E-state index contributed by atoms with van der Waals surface area (Å²) in [6.45, 7) is 16.9. The summed E-state index contributed by atoms with van der Waals surface area (Å²) in [5, 5.41) is 10.2. The lowest BCUT2D eigenvalue weighted by Crippen LogP contribution is -2.56. The summed E-state index contributed by atoms with van der Waals surface area (Å²) in [6, 6.07) is 21.8. The monoisotopic (exact) mass is 671 g/mol. The highest BCUT2D eigenvalue weighted by molar-refractivity contribution is 5.85. The number of nitrogens with two attached hydrogens (primary N) is 1. The summed E-state index contributed by atoms with van der Waals surface area (Å²) >= 11 is 0. The predicted molar refractivity (Wildman–Crippen MR) is 206 cm³/mol. The molecule has 9 heteroatoms. The molecular formula is C41H49N7O2. The summed E-state index contributed by atoms with van der Waals surface area (Å²) in [4.78, 5) is 30.3. The number of carbonyl (C=O) groups is 1. The molecule has 2 aromatic carbocycles. The van der Waals surface area contributed by atoms with Crippen molar-refractivity contribution in [1.29, 1.82) is 0 Å². The van der Waals surface area contributed by atoms with Crippen LogP contribution in [0, 0.1) is 5.41 Å². The van der Waals surface area contributed by atoms with Crippen molar-refractivity contribution in [3.8, 4) is 22.8 Å². The second-order valence-electron chi connectivity index (χ2n) is 12.3. The number of imidazole rings is 1. The number of pyridine rings is 2. The Labute approximate surface area is 295 Å². The van der Waals surface area contributed by atoms with Gasteiger partial charge in [-0.3, -0.25) is 14.3 Å². The van der Waals surface area contributed by atoms with Crippen LogP contribution in [0.15, 0.2) is 91.2 Å². The zero-order valence-corrected chi connectivity index (χ0v) is 30.1. The summed E-state index contributed by atoms with van der Waals surface area (Å²) < 4.78 is 2.07. The van der Waals surface area contributed by atoms with Crippen LogP contribution in [0.1, 0.15) is 69.6 Å². The average molecular weight is 672 g/mol. The number of aldehydes is 1. The number of nitrogens with zero attached hydrogens (tertiary/aromatic N) is 6. The number of fused-ring (bicyclic) bond motifs is 1. The van der Waals surface area contributed by atoms with Crippen LogP contribution >= 0.6 is 0 Å². The fourth-order valence-corrected chi connectivity index (χ4v) is 6.92. The van der Waals surface area contributed by atoms with Gasteiger partial charge < -0.3 is 15.7 Å². The van der Waals surface area contributed by atoms with Gasteiger partial charge in [0.15, 0.2) is 17.8 Å². The van der Waals surface area contributed by atoms with Crippen molar-refractivity contribution < 1.29 is 9.90 Å². The van der Waals surface area contributed by atoms with Gasteiger partial charge >= 0.3 is 0 Å². The molecule has 1 spiro atoms. The smallest absolute Gasteiger partial charge is 0.165 e. The van der Waals surface area contributed by atoms with E-state index in [9.17, 15) is 9.90 Å². The number of phenolic OH excluding ortho intramolecular Hbond substituents is 1. The van der Waals surface area contributed by atoms with Crippen LogP contribution in [-0.4, -0.2) is 62.0 Å². The Morgan fingerprint density at radius 1 is 0.940 bits per heavy atom. The molecule has 0 radical (unpaired) electrons. The van der Waals surface area contributed by atoms with Crippen LogP contribution in [0.2, 0.25) is 0 Å². The molecule has 50 heavy (non-hydrogen) atoms. The highest BCUT2D eigenvalue weighted by Crippen LogP contribution is 2.42. The Bertz CT molecular complexity index is 1990. The minimum atomic E-state index is 0.0410. The van der Waals surface area contributed by atoms with E-state index in [0.29, 0.717) is 23.5 Å². The van der Waals surface area contributed by atoms with Gasteiger partial charge in [-0.1, -0.05) is 58.1 Å². The van der Waals surface area contributed by atoms with Gasteiger partial charge in [0.05, 0.1) is 16.8 Å². The lowest BCUT2D eigenvalue weighted by molar-refractivity contribution is 0.0117. The van der Waals surface area contributed by atoms with Crippen molar-refractivity contribution in [3.05, 3.63) is 108 Å². The molecule has 0 amide bonds. The van der Waals surface area contributed by atoms with Crippen LogP contribution in [0.3, 0.4) is 0 Å². The second kappa shape index (κ2) is 16.0. The number of carbonyl (C=O) groups excluding carboxylic acids is 1. The second-order valence-corrected chi connectivity index (χ2v) is 12.3. The number of aromatic nitrogens is 4. The SMILES string of the molecule is C/C=C\C(=C/C)c1ccc2nc(-c3cccnc3N)n(-c3ccc(CN4CC5(CCN(c6ccc(C=O)c(O)c6)C5)C4)cc3)c2n1.CC.CC. The van der Waals surface area contributed by atoms with E-state index in [4.69, 9.17) is 15.7 Å². The third-order valence-electron chi connectivity index (χ3n) is 9.20. The normalized spacial score (nSPS) is 15.4. The zero-order chi connectivity index (χ0) is 35.8. The average Bonchev–Trinajstić information content (AvgIpc) is 3.75. The molecule has 0 bridgehead atoms. The number of rotatable bonds is 8. The van der Waals surface area contributed by atoms with Gasteiger partial charge in [-0.2, -0.15) is 0 Å². The number of anilines is 2. The Kier molecular flexibility index (Phi) is 11.5. The van der Waals surface area contributed by atoms with E-state index < -0.39 is 0 Å². The largest absolute Gasteiger partial charge is 0.507 e. The molecule has 0 aliphatic carbocycles. The van der Waals surface area contributed by atoms with E-state index in [0.717, 1.165) is 78.5 Å². The van der Waals surface area contributed by atoms with Crippen LogP contribution in [0.5, 0.6) is 5.75 Å². The third-order valence-corrected chi connectivity index (χ3v) is 9.20.